The summed E-state index contributed by atoms with van der Waals surface area (Å²) in [5, 5.41) is 0. The van der Waals surface area contributed by atoms with Crippen molar-refractivity contribution in [2.75, 3.05) is 13.1 Å². The molecule has 4 nitrogen and oxygen atoms in total. The van der Waals surface area contributed by atoms with Crippen LogP contribution < -0.4 is 22.9 Å². The van der Waals surface area contributed by atoms with E-state index in [1.165, 1.54) is 0 Å². The van der Waals surface area contributed by atoms with Gasteiger partial charge in [0.15, 0.2) is 0 Å². The van der Waals surface area contributed by atoms with Crippen LogP contribution in [0.2, 0.25) is 0 Å². The maximum absolute atomic E-state index is 5.50. The Kier molecular flexibility index (Phi) is 14.9. The van der Waals surface area contributed by atoms with Crippen molar-refractivity contribution in [1.29, 1.82) is 0 Å². The lowest BCUT2D eigenvalue weighted by Crippen LogP contribution is -2.22. The maximum atomic E-state index is 5.50. The summed E-state index contributed by atoms with van der Waals surface area (Å²) in [6.45, 7) is 5.57. The highest BCUT2D eigenvalue weighted by Crippen LogP contribution is 1.88. The van der Waals surface area contributed by atoms with Crippen molar-refractivity contribution in [3.8, 4) is 0 Å². The van der Waals surface area contributed by atoms with E-state index in [0.29, 0.717) is 12.1 Å². The Labute approximate surface area is 88.4 Å². The molecule has 0 fully saturated rings. The first-order valence-electron chi connectivity index (χ1n) is 5.53. The minimum absolute atomic E-state index is 0.324. The van der Waals surface area contributed by atoms with E-state index in [-0.39, 0.29) is 0 Å². The van der Waals surface area contributed by atoms with Gasteiger partial charge in [0.2, 0.25) is 0 Å². The molecule has 0 spiro atoms. The van der Waals surface area contributed by atoms with Gasteiger partial charge < -0.3 is 22.9 Å². The van der Waals surface area contributed by atoms with Crippen LogP contribution in [0.5, 0.6) is 0 Å². The fourth-order valence-electron chi connectivity index (χ4n) is 0.836. The zero-order valence-corrected chi connectivity index (χ0v) is 9.71. The molecule has 0 amide bonds. The molecular formula is C10H28N4. The highest BCUT2D eigenvalue weighted by molar-refractivity contribution is 4.57. The summed E-state index contributed by atoms with van der Waals surface area (Å²) < 4.78 is 0. The second-order valence-corrected chi connectivity index (χ2v) is 3.49. The number of hydrogen-bond donors (Lipinski definition) is 4. The Balaban J connectivity index is 0. The highest BCUT2D eigenvalue weighted by atomic mass is 14.6. The van der Waals surface area contributed by atoms with Crippen molar-refractivity contribution >= 4 is 0 Å². The Hall–Kier alpha value is -0.160. The molecule has 0 rings (SSSR count). The molecular weight excluding hydrogens is 176 g/mol. The molecule has 88 valence electrons. The third kappa shape index (κ3) is 14.4. The summed E-state index contributed by atoms with van der Waals surface area (Å²) in [5.74, 6) is 0. The number of rotatable bonds is 6. The van der Waals surface area contributed by atoms with Gasteiger partial charge in [-0.3, -0.25) is 0 Å². The molecule has 0 aromatic rings. The average molecular weight is 204 g/mol. The first-order valence-corrected chi connectivity index (χ1v) is 5.53. The smallest absolute Gasteiger partial charge is 0.00482 e. The maximum Gasteiger partial charge on any atom is 0.00482 e. The lowest BCUT2D eigenvalue weighted by atomic mass is 10.2. The molecule has 0 aliphatic rings. The van der Waals surface area contributed by atoms with Crippen molar-refractivity contribution in [3.05, 3.63) is 0 Å². The molecule has 0 saturated heterocycles. The first kappa shape index (κ1) is 16.3. The van der Waals surface area contributed by atoms with Crippen molar-refractivity contribution < 1.29 is 0 Å². The van der Waals surface area contributed by atoms with Crippen LogP contribution in [0, 0.1) is 0 Å². The van der Waals surface area contributed by atoms with Gasteiger partial charge in [0, 0.05) is 12.1 Å². The van der Waals surface area contributed by atoms with Crippen molar-refractivity contribution in [1.82, 2.24) is 0 Å². The Morgan fingerprint density at radius 1 is 0.786 bits per heavy atom. The monoisotopic (exact) mass is 204 g/mol. The zero-order chi connectivity index (χ0) is 11.4. The summed E-state index contributed by atoms with van der Waals surface area (Å²) in [4.78, 5) is 0. The lowest BCUT2D eigenvalue weighted by Gasteiger charge is -2.03. The molecule has 0 aliphatic carbocycles. The SMILES string of the molecule is CCC(N)CCN.CCC(N)CCN. The zero-order valence-electron chi connectivity index (χ0n) is 9.71. The van der Waals surface area contributed by atoms with E-state index < -0.39 is 0 Å². The molecule has 0 aromatic carbocycles. The van der Waals surface area contributed by atoms with E-state index in [1.807, 2.05) is 0 Å². The van der Waals surface area contributed by atoms with Crippen molar-refractivity contribution in [3.63, 3.8) is 0 Å². The lowest BCUT2D eigenvalue weighted by molar-refractivity contribution is 0.604. The van der Waals surface area contributed by atoms with Crippen LogP contribution in [0.15, 0.2) is 0 Å². The normalized spacial score (nSPS) is 14.1. The van der Waals surface area contributed by atoms with Crippen LogP contribution in [-0.4, -0.2) is 25.2 Å². The van der Waals surface area contributed by atoms with Crippen LogP contribution in [-0.2, 0) is 0 Å². The third-order valence-corrected chi connectivity index (χ3v) is 2.12. The second kappa shape index (κ2) is 12.8. The van der Waals surface area contributed by atoms with Gasteiger partial charge in [0.05, 0.1) is 0 Å². The summed E-state index contributed by atoms with van der Waals surface area (Å²) in [5.41, 5.74) is 21.5. The molecule has 2 atom stereocenters. The molecule has 0 heterocycles. The molecule has 0 aliphatic heterocycles. The second-order valence-electron chi connectivity index (χ2n) is 3.49. The first-order chi connectivity index (χ1) is 6.62. The van der Waals surface area contributed by atoms with Gasteiger partial charge in [0.25, 0.3) is 0 Å². The van der Waals surface area contributed by atoms with Crippen molar-refractivity contribution in [2.24, 2.45) is 22.9 Å². The van der Waals surface area contributed by atoms with E-state index >= 15 is 0 Å². The molecule has 0 radical (unpaired) electrons. The molecule has 4 heteroatoms. The summed E-state index contributed by atoms with van der Waals surface area (Å²) in [6, 6.07) is 0.648. The van der Waals surface area contributed by atoms with E-state index in [2.05, 4.69) is 13.8 Å². The standard InChI is InChI=1S/2C5H14N2/c2*1-2-5(7)3-4-6/h2*5H,2-4,6-7H2,1H3. The van der Waals surface area contributed by atoms with Crippen LogP contribution in [0.1, 0.15) is 39.5 Å². The summed E-state index contributed by atoms with van der Waals surface area (Å²) >= 11 is 0. The van der Waals surface area contributed by atoms with Crippen LogP contribution >= 0.6 is 0 Å². The van der Waals surface area contributed by atoms with E-state index in [4.69, 9.17) is 22.9 Å². The predicted octanol–water partition coefficient (Wildman–Crippen LogP) is 0.145. The summed E-state index contributed by atoms with van der Waals surface area (Å²) in [6.07, 6.45) is 3.99. The van der Waals surface area contributed by atoms with Crippen LogP contribution in [0.4, 0.5) is 0 Å². The largest absolute Gasteiger partial charge is 0.330 e. The molecule has 8 N–H and O–H groups in total. The Morgan fingerprint density at radius 2 is 1.07 bits per heavy atom. The fraction of sp³-hybridized carbons (Fsp3) is 1.00. The van der Waals surface area contributed by atoms with Gasteiger partial charge >= 0.3 is 0 Å². The van der Waals surface area contributed by atoms with Gasteiger partial charge in [-0.05, 0) is 38.8 Å². The third-order valence-electron chi connectivity index (χ3n) is 2.12. The van der Waals surface area contributed by atoms with E-state index in [9.17, 15) is 0 Å². The minimum Gasteiger partial charge on any atom is -0.330 e. The fourth-order valence-corrected chi connectivity index (χ4v) is 0.836. The Bertz CT molecular complexity index is 86.1. The molecule has 2 unspecified atom stereocenters. The average Bonchev–Trinajstić information content (AvgIpc) is 2.19. The van der Waals surface area contributed by atoms with Crippen LogP contribution in [0.3, 0.4) is 0 Å². The van der Waals surface area contributed by atoms with Gasteiger partial charge in [-0.15, -0.1) is 0 Å². The molecule has 0 bridgehead atoms. The van der Waals surface area contributed by atoms with E-state index in [0.717, 1.165) is 38.8 Å². The van der Waals surface area contributed by atoms with Crippen LogP contribution in [0.25, 0.3) is 0 Å². The topological polar surface area (TPSA) is 104 Å². The minimum atomic E-state index is 0.324. The Morgan fingerprint density at radius 3 is 1.14 bits per heavy atom. The molecule has 0 saturated carbocycles. The van der Waals surface area contributed by atoms with Gasteiger partial charge in [0.1, 0.15) is 0 Å². The van der Waals surface area contributed by atoms with Crippen molar-refractivity contribution in [2.45, 2.75) is 51.6 Å². The number of nitrogens with two attached hydrogens (primary N) is 4. The molecule has 14 heavy (non-hydrogen) atoms. The molecule has 0 aromatic heterocycles. The highest BCUT2D eigenvalue weighted by Gasteiger charge is 1.93. The predicted molar refractivity (Wildman–Crippen MR) is 63.9 cm³/mol. The summed E-state index contributed by atoms with van der Waals surface area (Å²) in [7, 11) is 0. The van der Waals surface area contributed by atoms with E-state index in [1.54, 1.807) is 0 Å². The number of hydrogen-bond acceptors (Lipinski definition) is 4. The van der Waals surface area contributed by atoms with Gasteiger partial charge in [-0.1, -0.05) is 13.8 Å². The van der Waals surface area contributed by atoms with Gasteiger partial charge in [-0.2, -0.15) is 0 Å². The van der Waals surface area contributed by atoms with Gasteiger partial charge in [-0.25, -0.2) is 0 Å². The quantitative estimate of drug-likeness (QED) is 0.494.